The summed E-state index contributed by atoms with van der Waals surface area (Å²) in [5, 5.41) is 13.5. The van der Waals surface area contributed by atoms with Crippen LogP contribution in [0.15, 0.2) is 18.2 Å². The molecular weight excluding hydrogens is 291 g/mol. The number of amides is 1. The number of aryl methyl sites for hydroxylation is 1. The van der Waals surface area contributed by atoms with Gasteiger partial charge in [-0.3, -0.25) is 4.79 Å². The van der Waals surface area contributed by atoms with Gasteiger partial charge in [0.25, 0.3) is 0 Å². The first-order chi connectivity index (χ1) is 10.5. The quantitative estimate of drug-likeness (QED) is 0.800. The van der Waals surface area contributed by atoms with Crippen LogP contribution in [0.3, 0.4) is 0 Å². The molecule has 9 heteroatoms. The molecule has 0 saturated carbocycles. The number of halogens is 1. The average molecular weight is 308 g/mol. The highest BCUT2D eigenvalue weighted by atomic mass is 19.1. The van der Waals surface area contributed by atoms with Gasteiger partial charge >= 0.3 is 0 Å². The number of aromatic nitrogens is 4. The lowest BCUT2D eigenvalue weighted by molar-refractivity contribution is -0.118. The number of rotatable bonds is 6. The predicted octanol–water partition coefficient (Wildman–Crippen LogP) is 0.412. The van der Waals surface area contributed by atoms with Gasteiger partial charge in [-0.2, -0.15) is 4.68 Å². The number of hydrogen-bond donors (Lipinski definition) is 2. The smallest absolute Gasteiger partial charge is 0.227 e. The van der Waals surface area contributed by atoms with Gasteiger partial charge < -0.3 is 15.8 Å². The Balaban J connectivity index is 2.16. The van der Waals surface area contributed by atoms with E-state index in [0.29, 0.717) is 11.5 Å². The van der Waals surface area contributed by atoms with Gasteiger partial charge in [0, 0.05) is 19.3 Å². The van der Waals surface area contributed by atoms with E-state index in [1.807, 2.05) is 0 Å². The molecule has 0 aliphatic rings. The number of carbonyl (C=O) groups excluding carboxylic acids is 1. The third-order valence-corrected chi connectivity index (χ3v) is 3.09. The molecule has 1 aromatic heterocycles. The highest BCUT2D eigenvalue weighted by Crippen LogP contribution is 2.19. The third kappa shape index (κ3) is 3.62. The molecule has 0 bridgehead atoms. The van der Waals surface area contributed by atoms with Gasteiger partial charge in [-0.25, -0.2) is 4.39 Å². The fraction of sp³-hybridized carbons (Fsp3) is 0.385. The highest BCUT2D eigenvalue weighted by Gasteiger charge is 2.14. The number of tetrazole rings is 1. The maximum Gasteiger partial charge on any atom is 0.227 e. The molecule has 0 fully saturated rings. The van der Waals surface area contributed by atoms with Crippen LogP contribution >= 0.6 is 0 Å². The molecule has 1 unspecified atom stereocenters. The van der Waals surface area contributed by atoms with E-state index in [-0.39, 0.29) is 30.7 Å². The first kappa shape index (κ1) is 16.0. The van der Waals surface area contributed by atoms with Crippen LogP contribution in [-0.2, 0) is 9.53 Å². The second-order valence-electron chi connectivity index (χ2n) is 4.65. The van der Waals surface area contributed by atoms with Gasteiger partial charge in [-0.1, -0.05) is 0 Å². The molecule has 2 aromatic rings. The molecule has 1 atom stereocenters. The number of ether oxygens (including phenoxy) is 1. The number of hydrogen-bond acceptors (Lipinski definition) is 6. The Morgan fingerprint density at radius 3 is 2.91 bits per heavy atom. The summed E-state index contributed by atoms with van der Waals surface area (Å²) in [6, 6.07) is 4.16. The second kappa shape index (κ2) is 7.05. The summed E-state index contributed by atoms with van der Waals surface area (Å²) >= 11 is 0. The van der Waals surface area contributed by atoms with Crippen LogP contribution < -0.4 is 11.1 Å². The second-order valence-corrected chi connectivity index (χ2v) is 4.65. The largest absolute Gasteiger partial charge is 0.380 e. The fourth-order valence-corrected chi connectivity index (χ4v) is 1.89. The lowest BCUT2D eigenvalue weighted by Crippen LogP contribution is -2.28. The van der Waals surface area contributed by atoms with Crippen molar-refractivity contribution in [1.29, 1.82) is 0 Å². The fourth-order valence-electron chi connectivity index (χ4n) is 1.89. The molecule has 1 heterocycles. The van der Waals surface area contributed by atoms with Crippen LogP contribution in [0, 0.1) is 12.7 Å². The lowest BCUT2D eigenvalue weighted by atomic mass is 10.2. The molecule has 22 heavy (non-hydrogen) atoms. The number of nitrogens with one attached hydrogen (secondary N) is 1. The minimum absolute atomic E-state index is 0.115. The predicted molar refractivity (Wildman–Crippen MR) is 76.9 cm³/mol. The van der Waals surface area contributed by atoms with Crippen LogP contribution in [-0.4, -0.2) is 45.9 Å². The Labute approximate surface area is 126 Å². The van der Waals surface area contributed by atoms with E-state index in [4.69, 9.17) is 10.5 Å². The van der Waals surface area contributed by atoms with E-state index in [0.717, 1.165) is 0 Å². The van der Waals surface area contributed by atoms with Gasteiger partial charge in [0.2, 0.25) is 5.91 Å². The summed E-state index contributed by atoms with van der Waals surface area (Å²) in [7, 11) is 1.49. The zero-order valence-electron chi connectivity index (χ0n) is 12.3. The van der Waals surface area contributed by atoms with E-state index in [9.17, 15) is 9.18 Å². The maximum absolute atomic E-state index is 13.9. The Hall–Kier alpha value is -2.39. The van der Waals surface area contributed by atoms with E-state index in [1.165, 1.54) is 30.0 Å². The van der Waals surface area contributed by atoms with Crippen LogP contribution in [0.4, 0.5) is 10.1 Å². The molecule has 0 spiro atoms. The standard InChI is InChI=1S/C13H17FN6O2/c1-8-17-18-19-20(8)12-5-9(3-4-11(12)14)16-13(21)6-10(7-15)22-2/h3-5,10H,6-7,15H2,1-2H3,(H,16,21). The minimum Gasteiger partial charge on any atom is -0.380 e. The van der Waals surface area contributed by atoms with Crippen LogP contribution in [0.2, 0.25) is 0 Å². The van der Waals surface area contributed by atoms with Crippen molar-refractivity contribution in [3.8, 4) is 5.69 Å². The number of nitrogens with zero attached hydrogens (tertiary/aromatic N) is 4. The van der Waals surface area contributed by atoms with E-state index >= 15 is 0 Å². The van der Waals surface area contributed by atoms with Crippen molar-refractivity contribution in [2.24, 2.45) is 5.73 Å². The maximum atomic E-state index is 13.9. The highest BCUT2D eigenvalue weighted by molar-refractivity contribution is 5.91. The Bertz CT molecular complexity index is 656. The summed E-state index contributed by atoms with van der Waals surface area (Å²) in [5.74, 6) is -0.335. The van der Waals surface area contributed by atoms with Crippen molar-refractivity contribution in [3.05, 3.63) is 29.8 Å². The average Bonchev–Trinajstić information content (AvgIpc) is 2.92. The molecule has 1 amide bonds. The molecule has 0 aliphatic heterocycles. The molecule has 1 aromatic carbocycles. The van der Waals surface area contributed by atoms with Crippen molar-refractivity contribution >= 4 is 11.6 Å². The van der Waals surface area contributed by atoms with Crippen molar-refractivity contribution in [3.63, 3.8) is 0 Å². The Morgan fingerprint density at radius 2 is 2.32 bits per heavy atom. The minimum atomic E-state index is -0.495. The molecule has 3 N–H and O–H groups in total. The van der Waals surface area contributed by atoms with Crippen LogP contribution in [0.25, 0.3) is 5.69 Å². The summed E-state index contributed by atoms with van der Waals surface area (Å²) in [5.41, 5.74) is 6.06. The molecule has 118 valence electrons. The molecule has 0 saturated heterocycles. The normalized spacial score (nSPS) is 12.2. The number of anilines is 1. The number of nitrogens with two attached hydrogens (primary N) is 1. The first-order valence-electron chi connectivity index (χ1n) is 6.62. The van der Waals surface area contributed by atoms with Crippen molar-refractivity contribution in [2.75, 3.05) is 19.0 Å². The Kier molecular flexibility index (Phi) is 5.12. The SMILES string of the molecule is COC(CN)CC(=O)Nc1ccc(F)c(-n2nnnc2C)c1. The van der Waals surface area contributed by atoms with Crippen LogP contribution in [0.5, 0.6) is 0 Å². The summed E-state index contributed by atoms with van der Waals surface area (Å²) < 4.78 is 20.2. The van der Waals surface area contributed by atoms with Crippen LogP contribution in [0.1, 0.15) is 12.2 Å². The van der Waals surface area contributed by atoms with Gasteiger partial charge in [0.05, 0.1) is 12.5 Å². The molecule has 2 rings (SSSR count). The number of carbonyl (C=O) groups is 1. The van der Waals surface area contributed by atoms with Gasteiger partial charge in [0.15, 0.2) is 5.82 Å². The monoisotopic (exact) mass is 308 g/mol. The van der Waals surface area contributed by atoms with E-state index in [1.54, 1.807) is 6.92 Å². The first-order valence-corrected chi connectivity index (χ1v) is 6.62. The molecule has 0 aliphatic carbocycles. The van der Waals surface area contributed by atoms with Gasteiger partial charge in [-0.15, -0.1) is 5.10 Å². The lowest BCUT2D eigenvalue weighted by Gasteiger charge is -2.13. The van der Waals surface area contributed by atoms with Crippen molar-refractivity contribution < 1.29 is 13.9 Å². The topological polar surface area (TPSA) is 108 Å². The molecular formula is C13H17FN6O2. The van der Waals surface area contributed by atoms with Crippen molar-refractivity contribution in [1.82, 2.24) is 20.2 Å². The summed E-state index contributed by atoms with van der Waals surface area (Å²) in [4.78, 5) is 11.9. The number of benzene rings is 1. The summed E-state index contributed by atoms with van der Waals surface area (Å²) in [6.45, 7) is 1.89. The zero-order valence-corrected chi connectivity index (χ0v) is 12.3. The molecule has 0 radical (unpaired) electrons. The van der Waals surface area contributed by atoms with E-state index < -0.39 is 5.82 Å². The third-order valence-electron chi connectivity index (χ3n) is 3.09. The zero-order chi connectivity index (χ0) is 16.1. The summed E-state index contributed by atoms with van der Waals surface area (Å²) in [6.07, 6.45) is -0.245. The number of methoxy groups -OCH3 is 1. The van der Waals surface area contributed by atoms with E-state index in [2.05, 4.69) is 20.8 Å². The Morgan fingerprint density at radius 1 is 1.55 bits per heavy atom. The van der Waals surface area contributed by atoms with Crippen molar-refractivity contribution in [2.45, 2.75) is 19.4 Å². The van der Waals surface area contributed by atoms with Gasteiger partial charge in [0.1, 0.15) is 11.5 Å². The van der Waals surface area contributed by atoms with Gasteiger partial charge in [-0.05, 0) is 35.5 Å². The molecule has 8 nitrogen and oxygen atoms in total.